The number of aromatic nitrogens is 5. The van der Waals surface area contributed by atoms with Gasteiger partial charge in [0.25, 0.3) is 0 Å². The lowest BCUT2D eigenvalue weighted by atomic mass is 10.4. The van der Waals surface area contributed by atoms with Gasteiger partial charge in [-0.2, -0.15) is 5.10 Å². The number of sulfonamides is 1. The van der Waals surface area contributed by atoms with E-state index in [1.807, 2.05) is 0 Å². The van der Waals surface area contributed by atoms with E-state index < -0.39 is 10.0 Å². The normalized spacial score (nSPS) is 11.9. The van der Waals surface area contributed by atoms with Crippen LogP contribution in [0.5, 0.6) is 0 Å². The predicted molar refractivity (Wildman–Crippen MR) is 75.7 cm³/mol. The van der Waals surface area contributed by atoms with Gasteiger partial charge in [0, 0.05) is 32.0 Å². The smallest absolute Gasteiger partial charge is 0.243 e. The van der Waals surface area contributed by atoms with Crippen LogP contribution in [0.25, 0.3) is 0 Å². The van der Waals surface area contributed by atoms with E-state index in [1.165, 1.54) is 12.4 Å². The first-order valence-corrected chi connectivity index (χ1v) is 8.16. The van der Waals surface area contributed by atoms with Crippen molar-refractivity contribution in [2.75, 3.05) is 13.1 Å². The van der Waals surface area contributed by atoms with Crippen molar-refractivity contribution in [2.24, 2.45) is 5.73 Å². The average molecular weight is 313 g/mol. The number of nitrogens with one attached hydrogen (secondary N) is 1. The summed E-state index contributed by atoms with van der Waals surface area (Å²) < 4.78 is 29.9. The number of rotatable bonds is 9. The molecule has 2 aromatic rings. The van der Waals surface area contributed by atoms with Crippen LogP contribution in [0, 0.1) is 0 Å². The van der Waals surface area contributed by atoms with Crippen LogP contribution < -0.4 is 10.5 Å². The molecular formula is C11H19N7O2S. The molecule has 0 unspecified atom stereocenters. The van der Waals surface area contributed by atoms with Crippen LogP contribution in [-0.4, -0.2) is 46.3 Å². The summed E-state index contributed by atoms with van der Waals surface area (Å²) in [4.78, 5) is 0.167. The van der Waals surface area contributed by atoms with Crippen LogP contribution in [-0.2, 0) is 23.1 Å². The monoisotopic (exact) mass is 313 g/mol. The van der Waals surface area contributed by atoms with Crippen molar-refractivity contribution in [1.82, 2.24) is 29.5 Å². The third kappa shape index (κ3) is 4.62. The van der Waals surface area contributed by atoms with E-state index in [2.05, 4.69) is 20.1 Å². The minimum Gasteiger partial charge on any atom is -0.330 e. The van der Waals surface area contributed by atoms with Gasteiger partial charge >= 0.3 is 0 Å². The Kier molecular flexibility index (Phi) is 5.42. The Labute approximate surface area is 123 Å². The summed E-state index contributed by atoms with van der Waals surface area (Å²) in [6.07, 6.45) is 7.55. The highest BCUT2D eigenvalue weighted by atomic mass is 32.2. The SMILES string of the molecule is NCCCn1cc(S(=O)(=O)NCCCn2ccnn2)cn1. The number of nitrogens with zero attached hydrogens (tertiary/aromatic N) is 5. The van der Waals surface area contributed by atoms with Crippen LogP contribution in [0.3, 0.4) is 0 Å². The molecule has 9 nitrogen and oxygen atoms in total. The van der Waals surface area contributed by atoms with Gasteiger partial charge in [-0.15, -0.1) is 5.10 Å². The lowest BCUT2D eigenvalue weighted by Gasteiger charge is -2.04. The van der Waals surface area contributed by atoms with Gasteiger partial charge in [-0.1, -0.05) is 5.21 Å². The molecular weight excluding hydrogens is 294 g/mol. The van der Waals surface area contributed by atoms with Gasteiger partial charge in [0.2, 0.25) is 10.0 Å². The summed E-state index contributed by atoms with van der Waals surface area (Å²) in [5, 5.41) is 11.5. The molecule has 0 aliphatic carbocycles. The number of nitrogens with two attached hydrogens (primary N) is 1. The van der Waals surface area contributed by atoms with E-state index in [4.69, 9.17) is 5.73 Å². The maximum absolute atomic E-state index is 12.1. The highest BCUT2D eigenvalue weighted by Gasteiger charge is 2.15. The molecule has 0 aliphatic rings. The zero-order valence-corrected chi connectivity index (χ0v) is 12.4. The van der Waals surface area contributed by atoms with E-state index in [9.17, 15) is 8.42 Å². The second-order valence-electron chi connectivity index (χ2n) is 4.50. The summed E-state index contributed by atoms with van der Waals surface area (Å²) in [7, 11) is -3.52. The van der Waals surface area contributed by atoms with Crippen molar-refractivity contribution in [3.05, 3.63) is 24.8 Å². The molecule has 2 aromatic heterocycles. The summed E-state index contributed by atoms with van der Waals surface area (Å²) >= 11 is 0. The number of hydrogen-bond donors (Lipinski definition) is 2. The van der Waals surface area contributed by atoms with Crippen molar-refractivity contribution in [1.29, 1.82) is 0 Å². The first-order valence-electron chi connectivity index (χ1n) is 6.68. The van der Waals surface area contributed by atoms with Gasteiger partial charge in [-0.3, -0.25) is 9.36 Å². The minimum absolute atomic E-state index is 0.167. The van der Waals surface area contributed by atoms with Crippen molar-refractivity contribution >= 4 is 10.0 Å². The molecule has 0 aliphatic heterocycles. The first-order chi connectivity index (χ1) is 10.1. The van der Waals surface area contributed by atoms with Crippen molar-refractivity contribution in [3.8, 4) is 0 Å². The molecule has 0 spiro atoms. The Bertz CT molecular complexity index is 635. The Balaban J connectivity index is 1.82. The summed E-state index contributed by atoms with van der Waals surface area (Å²) in [5.74, 6) is 0. The Morgan fingerprint density at radius 2 is 2.05 bits per heavy atom. The molecule has 2 rings (SSSR count). The second kappa shape index (κ2) is 7.29. The van der Waals surface area contributed by atoms with Gasteiger partial charge < -0.3 is 5.73 Å². The van der Waals surface area contributed by atoms with Crippen molar-refractivity contribution < 1.29 is 8.42 Å². The van der Waals surface area contributed by atoms with E-state index in [0.29, 0.717) is 32.6 Å². The highest BCUT2D eigenvalue weighted by molar-refractivity contribution is 7.89. The van der Waals surface area contributed by atoms with Crippen molar-refractivity contribution in [2.45, 2.75) is 30.8 Å². The third-order valence-electron chi connectivity index (χ3n) is 2.84. The zero-order chi connectivity index (χ0) is 15.1. The molecule has 0 amide bonds. The van der Waals surface area contributed by atoms with E-state index >= 15 is 0 Å². The Hall–Kier alpha value is -1.78. The van der Waals surface area contributed by atoms with E-state index in [1.54, 1.807) is 21.8 Å². The molecule has 2 heterocycles. The topological polar surface area (TPSA) is 121 Å². The lowest BCUT2D eigenvalue weighted by Crippen LogP contribution is -2.25. The lowest BCUT2D eigenvalue weighted by molar-refractivity contribution is 0.542. The minimum atomic E-state index is -3.52. The quantitative estimate of drug-likeness (QED) is 0.584. The van der Waals surface area contributed by atoms with Crippen LogP contribution in [0.4, 0.5) is 0 Å². The van der Waals surface area contributed by atoms with E-state index in [0.717, 1.165) is 6.42 Å². The molecule has 3 N–H and O–H groups in total. The van der Waals surface area contributed by atoms with E-state index in [-0.39, 0.29) is 4.90 Å². The van der Waals surface area contributed by atoms with Crippen LogP contribution in [0.1, 0.15) is 12.8 Å². The highest BCUT2D eigenvalue weighted by Crippen LogP contribution is 2.07. The first kappa shape index (κ1) is 15.6. The van der Waals surface area contributed by atoms with Crippen LogP contribution >= 0.6 is 0 Å². The molecule has 0 fully saturated rings. The van der Waals surface area contributed by atoms with Gasteiger partial charge in [0.15, 0.2) is 0 Å². The standard InChI is InChI=1S/C11H19N7O2S/c12-3-1-6-18-10-11(9-14-18)21(19,20)15-4-2-7-17-8-5-13-16-17/h5,8-10,15H,1-4,6-7,12H2. The molecule has 0 saturated heterocycles. The fourth-order valence-electron chi connectivity index (χ4n) is 1.74. The van der Waals surface area contributed by atoms with Gasteiger partial charge in [-0.25, -0.2) is 13.1 Å². The number of aryl methyl sites for hydroxylation is 2. The molecule has 116 valence electrons. The molecule has 21 heavy (non-hydrogen) atoms. The van der Waals surface area contributed by atoms with Gasteiger partial charge in [0.05, 0.1) is 12.4 Å². The third-order valence-corrected chi connectivity index (χ3v) is 4.25. The largest absolute Gasteiger partial charge is 0.330 e. The summed E-state index contributed by atoms with van der Waals surface area (Å²) in [6, 6.07) is 0. The maximum atomic E-state index is 12.1. The Morgan fingerprint density at radius 3 is 2.76 bits per heavy atom. The summed E-state index contributed by atoms with van der Waals surface area (Å²) in [6.45, 7) is 2.09. The fourth-order valence-corrected chi connectivity index (χ4v) is 2.77. The maximum Gasteiger partial charge on any atom is 0.243 e. The molecule has 0 saturated carbocycles. The van der Waals surface area contributed by atoms with Gasteiger partial charge in [0.1, 0.15) is 4.90 Å². The Morgan fingerprint density at radius 1 is 1.24 bits per heavy atom. The van der Waals surface area contributed by atoms with Crippen LogP contribution in [0.2, 0.25) is 0 Å². The predicted octanol–water partition coefficient (Wildman–Crippen LogP) is -0.808. The molecule has 0 atom stereocenters. The molecule has 10 heteroatoms. The average Bonchev–Trinajstić information content (AvgIpc) is 3.13. The molecule has 0 bridgehead atoms. The number of hydrogen-bond acceptors (Lipinski definition) is 6. The summed E-state index contributed by atoms with van der Waals surface area (Å²) in [5.41, 5.74) is 5.41. The second-order valence-corrected chi connectivity index (χ2v) is 6.27. The van der Waals surface area contributed by atoms with Crippen LogP contribution in [0.15, 0.2) is 29.7 Å². The fraction of sp³-hybridized carbons (Fsp3) is 0.545. The molecule has 0 radical (unpaired) electrons. The molecule has 0 aromatic carbocycles. The van der Waals surface area contributed by atoms with Gasteiger partial charge in [-0.05, 0) is 19.4 Å². The van der Waals surface area contributed by atoms with Crippen molar-refractivity contribution in [3.63, 3.8) is 0 Å². The zero-order valence-electron chi connectivity index (χ0n) is 11.6.